The van der Waals surface area contributed by atoms with Gasteiger partial charge in [0.15, 0.2) is 0 Å². The fourth-order valence-corrected chi connectivity index (χ4v) is 6.22. The van der Waals surface area contributed by atoms with Crippen LogP contribution in [0.25, 0.3) is 0 Å². The van der Waals surface area contributed by atoms with Gasteiger partial charge in [-0.3, -0.25) is 9.59 Å². The molecule has 0 saturated carbocycles. The minimum absolute atomic E-state index is 0.0722. The highest BCUT2D eigenvalue weighted by Gasteiger charge is 2.53. The van der Waals surface area contributed by atoms with E-state index < -0.39 is 11.6 Å². The number of benzene rings is 2. The molecule has 1 atom stereocenters. The quantitative estimate of drug-likeness (QED) is 0.350. The number of piperazine rings is 1. The van der Waals surface area contributed by atoms with E-state index in [1.54, 1.807) is 0 Å². The zero-order valence-electron chi connectivity index (χ0n) is 23.5. The van der Waals surface area contributed by atoms with Crippen LogP contribution in [0.1, 0.15) is 76.3 Å². The summed E-state index contributed by atoms with van der Waals surface area (Å²) >= 11 is 0. The van der Waals surface area contributed by atoms with Gasteiger partial charge < -0.3 is 15.1 Å². The van der Waals surface area contributed by atoms with Crippen LogP contribution in [0.5, 0.6) is 0 Å². The lowest BCUT2D eigenvalue weighted by Gasteiger charge is -2.52. The van der Waals surface area contributed by atoms with Gasteiger partial charge in [0.1, 0.15) is 11.6 Å². The molecule has 5 nitrogen and oxygen atoms in total. The molecular weight excluding hydrogens is 470 g/mol. The number of carbonyl (C=O) groups excluding carboxylic acids is 2. The molecule has 4 rings (SSSR count). The Bertz CT molecular complexity index is 999. The van der Waals surface area contributed by atoms with Crippen LogP contribution in [-0.4, -0.2) is 59.4 Å². The van der Waals surface area contributed by atoms with Crippen LogP contribution in [0.2, 0.25) is 0 Å². The van der Waals surface area contributed by atoms with Gasteiger partial charge in [0, 0.05) is 19.6 Å². The standard InChI is InChI=1S/C33H47N3O2/c1-27(2)26-30-31(37)36(23-13-19-29-17-10-6-11-18-29)33(32(38)34-30)20-24-35(25-21-33)22-12-4-3-7-14-28-15-8-5-9-16-28/h5-6,8-11,15-18,27,30H,3-4,7,12-14,19-26H2,1-2H3,(H,34,38)/t30-/m0/s1. The van der Waals surface area contributed by atoms with Crippen molar-refractivity contribution in [2.45, 2.75) is 89.6 Å². The van der Waals surface area contributed by atoms with Crippen LogP contribution in [0, 0.1) is 5.92 Å². The van der Waals surface area contributed by atoms with Gasteiger partial charge in [0.05, 0.1) is 0 Å². The third kappa shape index (κ3) is 7.47. The Labute approximate surface area is 230 Å². The van der Waals surface area contributed by atoms with E-state index in [-0.39, 0.29) is 11.8 Å². The Morgan fingerprint density at radius 2 is 1.37 bits per heavy atom. The zero-order valence-corrected chi connectivity index (χ0v) is 23.5. The molecule has 2 aliphatic heterocycles. The Hall–Kier alpha value is -2.66. The maximum Gasteiger partial charge on any atom is 0.246 e. The second kappa shape index (κ2) is 13.9. The number of nitrogens with one attached hydrogen (secondary N) is 1. The molecule has 0 radical (unpaired) electrons. The molecule has 0 unspecified atom stereocenters. The number of unbranched alkanes of at least 4 members (excludes halogenated alkanes) is 3. The average Bonchev–Trinajstić information content (AvgIpc) is 2.93. The van der Waals surface area contributed by atoms with E-state index in [0.717, 1.165) is 51.7 Å². The van der Waals surface area contributed by atoms with E-state index in [0.29, 0.717) is 18.9 Å². The van der Waals surface area contributed by atoms with E-state index in [9.17, 15) is 9.59 Å². The van der Waals surface area contributed by atoms with Crippen molar-refractivity contribution in [2.75, 3.05) is 26.2 Å². The van der Waals surface area contributed by atoms with Gasteiger partial charge >= 0.3 is 0 Å². The van der Waals surface area contributed by atoms with Gasteiger partial charge in [-0.15, -0.1) is 0 Å². The molecule has 2 saturated heterocycles. The molecule has 2 amide bonds. The van der Waals surface area contributed by atoms with E-state index in [1.807, 2.05) is 11.0 Å². The summed E-state index contributed by atoms with van der Waals surface area (Å²) < 4.78 is 0. The van der Waals surface area contributed by atoms with Gasteiger partial charge in [-0.1, -0.05) is 87.4 Å². The third-order valence-electron chi connectivity index (χ3n) is 8.42. The van der Waals surface area contributed by atoms with Crippen molar-refractivity contribution in [3.05, 3.63) is 71.8 Å². The van der Waals surface area contributed by atoms with Crippen LogP contribution < -0.4 is 5.32 Å². The summed E-state index contributed by atoms with van der Waals surface area (Å²) in [6, 6.07) is 20.8. The van der Waals surface area contributed by atoms with Gasteiger partial charge in [-0.05, 0) is 75.0 Å². The first-order valence-corrected chi connectivity index (χ1v) is 14.9. The number of rotatable bonds is 13. The molecule has 2 fully saturated rings. The van der Waals surface area contributed by atoms with Gasteiger partial charge in [-0.2, -0.15) is 0 Å². The molecule has 5 heteroatoms. The summed E-state index contributed by atoms with van der Waals surface area (Å²) in [5.41, 5.74) is 2.03. The number of likely N-dealkylation sites (tertiary alicyclic amines) is 1. The number of aryl methyl sites for hydroxylation is 2. The fraction of sp³-hybridized carbons (Fsp3) is 0.576. The summed E-state index contributed by atoms with van der Waals surface area (Å²) in [4.78, 5) is 31.8. The zero-order chi connectivity index (χ0) is 26.8. The highest BCUT2D eigenvalue weighted by Crippen LogP contribution is 2.34. The molecule has 206 valence electrons. The van der Waals surface area contributed by atoms with Crippen molar-refractivity contribution in [2.24, 2.45) is 5.92 Å². The number of piperidine rings is 1. The van der Waals surface area contributed by atoms with Gasteiger partial charge in [-0.25, -0.2) is 0 Å². The Kier molecular flexibility index (Phi) is 10.4. The highest BCUT2D eigenvalue weighted by molar-refractivity contribution is 6.00. The predicted octanol–water partition coefficient (Wildman–Crippen LogP) is 5.63. The molecule has 38 heavy (non-hydrogen) atoms. The number of nitrogens with zero attached hydrogens (tertiary/aromatic N) is 2. The monoisotopic (exact) mass is 517 g/mol. The van der Waals surface area contributed by atoms with Crippen molar-refractivity contribution in [1.82, 2.24) is 15.1 Å². The lowest BCUT2D eigenvalue weighted by atomic mass is 9.80. The molecule has 1 spiro atoms. The summed E-state index contributed by atoms with van der Waals surface area (Å²) in [7, 11) is 0. The first kappa shape index (κ1) is 28.4. The molecular formula is C33H47N3O2. The van der Waals surface area contributed by atoms with E-state index in [4.69, 9.17) is 0 Å². The summed E-state index contributed by atoms with van der Waals surface area (Å²) in [5, 5.41) is 3.14. The third-order valence-corrected chi connectivity index (χ3v) is 8.42. The normalized spacial score (nSPS) is 19.8. The second-order valence-corrected chi connectivity index (χ2v) is 11.8. The number of hydrogen-bond donors (Lipinski definition) is 1. The maximum atomic E-state index is 13.7. The first-order chi connectivity index (χ1) is 18.5. The van der Waals surface area contributed by atoms with Crippen molar-refractivity contribution >= 4 is 11.8 Å². The van der Waals surface area contributed by atoms with Crippen molar-refractivity contribution in [3.63, 3.8) is 0 Å². The number of amides is 2. The summed E-state index contributed by atoms with van der Waals surface area (Å²) in [6.07, 6.45) is 10.1. The van der Waals surface area contributed by atoms with Crippen LogP contribution in [0.15, 0.2) is 60.7 Å². The van der Waals surface area contributed by atoms with Gasteiger partial charge in [0.25, 0.3) is 0 Å². The number of carbonyl (C=O) groups is 2. The maximum absolute atomic E-state index is 13.7. The molecule has 2 heterocycles. The molecule has 0 aromatic heterocycles. The molecule has 2 aromatic carbocycles. The largest absolute Gasteiger partial charge is 0.342 e. The van der Waals surface area contributed by atoms with Crippen molar-refractivity contribution < 1.29 is 9.59 Å². The lowest BCUT2D eigenvalue weighted by Crippen LogP contribution is -2.73. The van der Waals surface area contributed by atoms with Crippen LogP contribution in [0.3, 0.4) is 0 Å². The second-order valence-electron chi connectivity index (χ2n) is 11.8. The lowest BCUT2D eigenvalue weighted by molar-refractivity contribution is -0.161. The van der Waals surface area contributed by atoms with E-state index in [2.05, 4.69) is 78.7 Å². The molecule has 2 aromatic rings. The van der Waals surface area contributed by atoms with Crippen molar-refractivity contribution in [1.29, 1.82) is 0 Å². The Balaban J connectivity index is 1.28. The number of hydrogen-bond acceptors (Lipinski definition) is 3. The Morgan fingerprint density at radius 3 is 1.97 bits per heavy atom. The summed E-state index contributed by atoms with van der Waals surface area (Å²) in [5.74, 6) is 0.556. The summed E-state index contributed by atoms with van der Waals surface area (Å²) in [6.45, 7) is 7.73. The fourth-order valence-electron chi connectivity index (χ4n) is 6.22. The first-order valence-electron chi connectivity index (χ1n) is 14.9. The molecule has 1 N–H and O–H groups in total. The highest BCUT2D eigenvalue weighted by atomic mass is 16.2. The minimum Gasteiger partial charge on any atom is -0.342 e. The van der Waals surface area contributed by atoms with Crippen LogP contribution in [-0.2, 0) is 22.4 Å². The topological polar surface area (TPSA) is 52.7 Å². The van der Waals surface area contributed by atoms with Crippen LogP contribution in [0.4, 0.5) is 0 Å². The molecule has 0 aliphatic carbocycles. The van der Waals surface area contributed by atoms with Crippen molar-refractivity contribution in [3.8, 4) is 0 Å². The predicted molar refractivity (Wildman–Crippen MR) is 155 cm³/mol. The van der Waals surface area contributed by atoms with E-state index in [1.165, 1.54) is 36.8 Å². The Morgan fingerprint density at radius 1 is 0.789 bits per heavy atom. The van der Waals surface area contributed by atoms with Crippen LogP contribution >= 0.6 is 0 Å². The van der Waals surface area contributed by atoms with Gasteiger partial charge in [0.2, 0.25) is 11.8 Å². The SMILES string of the molecule is CC(C)C[C@@H]1NC(=O)C2(CCN(CCCCCCc3ccccc3)CC2)N(CCCc2ccccc2)C1=O. The smallest absolute Gasteiger partial charge is 0.246 e. The average molecular weight is 518 g/mol. The minimum atomic E-state index is -0.687. The molecule has 2 aliphatic rings. The molecule has 0 bridgehead atoms. The van der Waals surface area contributed by atoms with E-state index >= 15 is 0 Å².